The Kier molecular flexibility index (Phi) is 13.5. The van der Waals surface area contributed by atoms with Gasteiger partial charge in [0.1, 0.15) is 6.29 Å². The lowest BCUT2D eigenvalue weighted by atomic mass is 9.76. The molecule has 0 aliphatic heterocycles. The van der Waals surface area contributed by atoms with Crippen LogP contribution in [0.15, 0.2) is 0 Å². The second-order valence-corrected chi connectivity index (χ2v) is 10.9. The first kappa shape index (κ1) is 23.1. The van der Waals surface area contributed by atoms with E-state index in [1.165, 1.54) is 64.2 Å². The number of rotatable bonds is 14. The van der Waals surface area contributed by atoms with E-state index >= 15 is 0 Å². The van der Waals surface area contributed by atoms with Crippen LogP contribution in [-0.2, 0) is 4.43 Å². The van der Waals surface area contributed by atoms with Crippen LogP contribution in [0.4, 0.5) is 0 Å². The van der Waals surface area contributed by atoms with Crippen LogP contribution < -0.4 is 0 Å². The molecule has 0 aromatic carbocycles. The second-order valence-electron chi connectivity index (χ2n) is 8.56. The van der Waals surface area contributed by atoms with E-state index in [1.807, 2.05) is 0 Å². The average molecular weight is 345 g/mol. The highest BCUT2D eigenvalue weighted by atomic mass is 28.3. The van der Waals surface area contributed by atoms with Crippen molar-refractivity contribution >= 4 is 9.04 Å². The number of hydrogen-bond acceptors (Lipinski definition) is 2. The number of aliphatic hydroxyl groups is 1. The minimum Gasteiger partial charge on any atom is -0.396 e. The molecule has 0 aromatic rings. The predicted octanol–water partition coefficient (Wildman–Crippen LogP) is 6.28. The quantitative estimate of drug-likeness (QED) is 0.228. The van der Waals surface area contributed by atoms with Crippen molar-refractivity contribution in [3.63, 3.8) is 0 Å². The van der Waals surface area contributed by atoms with Crippen LogP contribution in [0, 0.1) is 11.3 Å². The lowest BCUT2D eigenvalue weighted by Crippen LogP contribution is -2.29. The van der Waals surface area contributed by atoms with Crippen molar-refractivity contribution in [2.75, 3.05) is 0 Å². The molecule has 1 unspecified atom stereocenters. The van der Waals surface area contributed by atoms with Crippen molar-refractivity contribution in [1.82, 2.24) is 0 Å². The fourth-order valence-corrected chi connectivity index (χ4v) is 3.96. The van der Waals surface area contributed by atoms with E-state index in [4.69, 9.17) is 4.43 Å². The molecule has 0 spiro atoms. The topological polar surface area (TPSA) is 29.5 Å². The van der Waals surface area contributed by atoms with E-state index < -0.39 is 15.3 Å². The Morgan fingerprint density at radius 2 is 1.35 bits per heavy atom. The Morgan fingerprint density at radius 3 is 1.78 bits per heavy atom. The monoisotopic (exact) mass is 344 g/mol. The SMILES string of the molecule is CCCCCCCCCCCC(C[C@H](O)O[SiH](C)C)C(C)(C)C. The van der Waals surface area contributed by atoms with Crippen molar-refractivity contribution < 1.29 is 9.53 Å². The maximum Gasteiger partial charge on any atom is 0.174 e. The zero-order valence-electron chi connectivity index (χ0n) is 16.9. The maximum absolute atomic E-state index is 10.1. The summed E-state index contributed by atoms with van der Waals surface area (Å²) >= 11 is 0. The molecule has 3 heteroatoms. The van der Waals surface area contributed by atoms with E-state index in [0.29, 0.717) is 5.92 Å². The summed E-state index contributed by atoms with van der Waals surface area (Å²) in [6.07, 6.45) is 13.9. The molecule has 0 saturated carbocycles. The van der Waals surface area contributed by atoms with Gasteiger partial charge in [0.05, 0.1) is 0 Å². The molecule has 0 aromatic heterocycles. The normalized spacial score (nSPS) is 15.1. The highest BCUT2D eigenvalue weighted by molar-refractivity contribution is 6.48. The van der Waals surface area contributed by atoms with Gasteiger partial charge in [-0.3, -0.25) is 0 Å². The van der Waals surface area contributed by atoms with Crippen molar-refractivity contribution in [3.05, 3.63) is 0 Å². The van der Waals surface area contributed by atoms with Crippen molar-refractivity contribution in [3.8, 4) is 0 Å². The third kappa shape index (κ3) is 14.2. The van der Waals surface area contributed by atoms with E-state index in [1.54, 1.807) is 0 Å². The van der Waals surface area contributed by atoms with E-state index in [9.17, 15) is 5.11 Å². The van der Waals surface area contributed by atoms with Gasteiger partial charge in [-0.2, -0.15) is 0 Å². The molecule has 23 heavy (non-hydrogen) atoms. The summed E-state index contributed by atoms with van der Waals surface area (Å²) in [5.41, 5.74) is 0.253. The lowest BCUT2D eigenvalue weighted by Gasteiger charge is -2.33. The Balaban J connectivity index is 3.86. The van der Waals surface area contributed by atoms with Gasteiger partial charge in [0.15, 0.2) is 9.04 Å². The Bertz CT molecular complexity index is 261. The maximum atomic E-state index is 10.1. The van der Waals surface area contributed by atoms with Crippen LogP contribution in [0.2, 0.25) is 13.1 Å². The summed E-state index contributed by atoms with van der Waals surface area (Å²) in [4.78, 5) is 0. The molecule has 140 valence electrons. The largest absolute Gasteiger partial charge is 0.396 e. The minimum atomic E-state index is -1.15. The zero-order chi connectivity index (χ0) is 17.7. The first-order valence-electron chi connectivity index (χ1n) is 10.1. The van der Waals surface area contributed by atoms with Crippen molar-refractivity contribution in [2.45, 2.75) is 118 Å². The molecule has 0 rings (SSSR count). The molecule has 2 nitrogen and oxygen atoms in total. The standard InChI is InChI=1S/C20H44O2Si/c1-7-8-9-10-11-12-13-14-15-16-18(20(2,3)4)17-19(21)22-23(5)6/h18-19,21,23H,7-17H2,1-6H3/t18?,19-/m1/s1. The van der Waals surface area contributed by atoms with E-state index in [0.717, 1.165) is 6.42 Å². The molecular formula is C20H44O2Si. The van der Waals surface area contributed by atoms with Crippen LogP contribution >= 0.6 is 0 Å². The average Bonchev–Trinajstić information content (AvgIpc) is 2.42. The van der Waals surface area contributed by atoms with Gasteiger partial charge >= 0.3 is 0 Å². The van der Waals surface area contributed by atoms with Crippen molar-refractivity contribution in [2.24, 2.45) is 11.3 Å². The molecule has 0 fully saturated rings. The molecule has 0 radical (unpaired) electrons. The molecule has 0 heterocycles. The fourth-order valence-electron chi connectivity index (χ4n) is 3.22. The van der Waals surface area contributed by atoms with Crippen LogP contribution in [0.5, 0.6) is 0 Å². The van der Waals surface area contributed by atoms with E-state index in [2.05, 4.69) is 40.8 Å². The van der Waals surface area contributed by atoms with Gasteiger partial charge in [0.25, 0.3) is 0 Å². The Labute approximate surface area is 148 Å². The van der Waals surface area contributed by atoms with Gasteiger partial charge in [-0.1, -0.05) is 85.5 Å². The van der Waals surface area contributed by atoms with Gasteiger partial charge in [-0.05, 0) is 30.8 Å². The zero-order valence-corrected chi connectivity index (χ0v) is 18.0. The van der Waals surface area contributed by atoms with Gasteiger partial charge < -0.3 is 9.53 Å². The molecular weight excluding hydrogens is 300 g/mol. The molecule has 0 amide bonds. The summed E-state index contributed by atoms with van der Waals surface area (Å²) < 4.78 is 5.66. The van der Waals surface area contributed by atoms with Gasteiger partial charge in [-0.25, -0.2) is 0 Å². The summed E-state index contributed by atoms with van der Waals surface area (Å²) in [7, 11) is -1.15. The highest BCUT2D eigenvalue weighted by Gasteiger charge is 2.27. The summed E-state index contributed by atoms with van der Waals surface area (Å²) in [5.74, 6) is 0.551. The molecule has 1 N–H and O–H groups in total. The number of aliphatic hydroxyl groups excluding tert-OH is 1. The Hall–Kier alpha value is 0.137. The third-order valence-corrected chi connectivity index (χ3v) is 5.65. The van der Waals surface area contributed by atoms with Crippen molar-refractivity contribution in [1.29, 1.82) is 0 Å². The molecule has 2 atom stereocenters. The summed E-state index contributed by atoms with van der Waals surface area (Å²) in [6.45, 7) is 13.4. The molecule has 0 aliphatic carbocycles. The number of unbranched alkanes of at least 4 members (excludes halogenated alkanes) is 8. The van der Waals surface area contributed by atoms with Crippen LogP contribution in [0.3, 0.4) is 0 Å². The molecule has 0 saturated heterocycles. The van der Waals surface area contributed by atoms with E-state index in [-0.39, 0.29) is 5.41 Å². The van der Waals surface area contributed by atoms with Crippen LogP contribution in [0.25, 0.3) is 0 Å². The van der Waals surface area contributed by atoms with Gasteiger partial charge in [0.2, 0.25) is 0 Å². The third-order valence-electron chi connectivity index (χ3n) is 4.80. The number of hydrogen-bond donors (Lipinski definition) is 1. The highest BCUT2D eigenvalue weighted by Crippen LogP contribution is 2.34. The smallest absolute Gasteiger partial charge is 0.174 e. The summed E-state index contributed by atoms with van der Waals surface area (Å²) in [5, 5.41) is 10.1. The predicted molar refractivity (Wildman–Crippen MR) is 105 cm³/mol. The first-order chi connectivity index (χ1) is 10.8. The molecule has 0 aliphatic rings. The minimum absolute atomic E-state index is 0.253. The second kappa shape index (κ2) is 13.4. The molecule has 0 bridgehead atoms. The Morgan fingerprint density at radius 1 is 0.870 bits per heavy atom. The first-order valence-corrected chi connectivity index (χ1v) is 12.9. The summed E-state index contributed by atoms with van der Waals surface area (Å²) in [6, 6.07) is 0. The van der Waals surface area contributed by atoms with Crippen LogP contribution in [0.1, 0.15) is 98.3 Å². The fraction of sp³-hybridized carbons (Fsp3) is 1.00. The van der Waals surface area contributed by atoms with Gasteiger partial charge in [0, 0.05) is 6.42 Å². The van der Waals surface area contributed by atoms with Crippen LogP contribution in [-0.4, -0.2) is 20.4 Å². The lowest BCUT2D eigenvalue weighted by molar-refractivity contribution is -0.0496. The van der Waals surface area contributed by atoms with Gasteiger partial charge in [-0.15, -0.1) is 0 Å².